The van der Waals surface area contributed by atoms with Gasteiger partial charge in [-0.3, -0.25) is 4.79 Å². The molecule has 1 fully saturated rings. The van der Waals surface area contributed by atoms with Crippen molar-refractivity contribution < 1.29 is 4.79 Å². The molecule has 0 atom stereocenters. The molecule has 1 aliphatic heterocycles. The van der Waals surface area contributed by atoms with Crippen LogP contribution in [-0.2, 0) is 4.79 Å². The van der Waals surface area contributed by atoms with Crippen molar-refractivity contribution in [2.75, 3.05) is 0 Å². The van der Waals surface area contributed by atoms with Crippen LogP contribution in [0, 0.1) is 5.41 Å². The Hall–Kier alpha value is -0.790. The molecule has 0 saturated heterocycles. The van der Waals surface area contributed by atoms with Gasteiger partial charge in [0.25, 0.3) is 0 Å². The summed E-state index contributed by atoms with van der Waals surface area (Å²) in [6.07, 6.45) is 10.3. The van der Waals surface area contributed by atoms with E-state index in [0.717, 1.165) is 19.3 Å². The molecule has 2 heteroatoms. The highest BCUT2D eigenvalue weighted by Crippen LogP contribution is 2.49. The van der Waals surface area contributed by atoms with Crippen molar-refractivity contribution in [1.82, 2.24) is 4.90 Å². The lowest BCUT2D eigenvalue weighted by Gasteiger charge is -2.36. The Labute approximate surface area is 111 Å². The molecule has 1 aliphatic carbocycles. The van der Waals surface area contributed by atoms with E-state index in [1.165, 1.54) is 31.4 Å². The molecule has 0 bridgehead atoms. The Bertz CT molecular complexity index is 356. The monoisotopic (exact) mass is 249 g/mol. The van der Waals surface area contributed by atoms with Crippen LogP contribution in [0.15, 0.2) is 11.8 Å². The van der Waals surface area contributed by atoms with Gasteiger partial charge in [-0.15, -0.1) is 0 Å². The van der Waals surface area contributed by atoms with Gasteiger partial charge >= 0.3 is 0 Å². The van der Waals surface area contributed by atoms with Crippen LogP contribution >= 0.6 is 0 Å². The minimum atomic E-state index is -0.129. The second-order valence-electron chi connectivity index (χ2n) is 6.91. The maximum Gasteiger partial charge on any atom is 0.237 e. The minimum Gasteiger partial charge on any atom is -0.310 e. The first-order valence-corrected chi connectivity index (χ1v) is 7.47. The molecule has 0 aromatic heterocycles. The van der Waals surface area contributed by atoms with Crippen molar-refractivity contribution in [3.8, 4) is 0 Å². The van der Waals surface area contributed by atoms with Gasteiger partial charge < -0.3 is 4.90 Å². The molecule has 2 rings (SSSR count). The van der Waals surface area contributed by atoms with Gasteiger partial charge in [-0.2, -0.15) is 0 Å². The summed E-state index contributed by atoms with van der Waals surface area (Å²) in [7, 11) is 0. The Morgan fingerprint density at radius 3 is 2.39 bits per heavy atom. The zero-order valence-electron chi connectivity index (χ0n) is 12.4. The second kappa shape index (κ2) is 4.71. The molecular formula is C16H27NO. The lowest BCUT2D eigenvalue weighted by atomic mass is 9.86. The van der Waals surface area contributed by atoms with Crippen molar-refractivity contribution in [2.24, 2.45) is 5.41 Å². The van der Waals surface area contributed by atoms with E-state index in [2.05, 4.69) is 38.7 Å². The van der Waals surface area contributed by atoms with Crippen LogP contribution in [0.25, 0.3) is 0 Å². The van der Waals surface area contributed by atoms with Crippen LogP contribution in [0.4, 0.5) is 0 Å². The van der Waals surface area contributed by atoms with Gasteiger partial charge in [0, 0.05) is 11.2 Å². The highest BCUT2D eigenvalue weighted by molar-refractivity contribution is 5.90. The van der Waals surface area contributed by atoms with Crippen LogP contribution in [0.3, 0.4) is 0 Å². The van der Waals surface area contributed by atoms with Gasteiger partial charge in [-0.05, 0) is 52.5 Å². The van der Waals surface area contributed by atoms with E-state index in [9.17, 15) is 4.79 Å². The molecule has 1 amide bonds. The standard InChI is InChI=1S/C16H27NO/c1-5-6-9-13-12-16(10-7-8-11-16)14(18)17(13)15(2,3)4/h12H,5-11H2,1-4H3. The normalized spacial score (nSPS) is 23.0. The third-order valence-electron chi connectivity index (χ3n) is 4.31. The zero-order valence-corrected chi connectivity index (χ0v) is 12.4. The van der Waals surface area contributed by atoms with Crippen molar-refractivity contribution >= 4 is 5.91 Å². The molecule has 0 radical (unpaired) electrons. The summed E-state index contributed by atoms with van der Waals surface area (Å²) in [6, 6.07) is 0. The average Bonchev–Trinajstić information content (AvgIpc) is 2.83. The molecule has 0 N–H and O–H groups in total. The quantitative estimate of drug-likeness (QED) is 0.731. The fourth-order valence-electron chi connectivity index (χ4n) is 3.44. The molecular weight excluding hydrogens is 222 g/mol. The van der Waals surface area contributed by atoms with E-state index < -0.39 is 0 Å². The third kappa shape index (κ3) is 2.22. The van der Waals surface area contributed by atoms with Crippen molar-refractivity contribution in [3.05, 3.63) is 11.8 Å². The topological polar surface area (TPSA) is 20.3 Å². The second-order valence-corrected chi connectivity index (χ2v) is 6.91. The van der Waals surface area contributed by atoms with Crippen LogP contribution in [0.1, 0.15) is 72.6 Å². The molecule has 0 aromatic carbocycles. The number of rotatable bonds is 3. The zero-order chi connectivity index (χ0) is 13.4. The van der Waals surface area contributed by atoms with Gasteiger partial charge in [0.2, 0.25) is 5.91 Å². The lowest BCUT2D eigenvalue weighted by molar-refractivity contribution is -0.139. The van der Waals surface area contributed by atoms with Crippen molar-refractivity contribution in [2.45, 2.75) is 78.2 Å². The highest BCUT2D eigenvalue weighted by atomic mass is 16.2. The SMILES string of the molecule is CCCCC1=CC2(CCCC2)C(=O)N1C(C)(C)C. The van der Waals surface area contributed by atoms with Gasteiger partial charge in [0.15, 0.2) is 0 Å². The first kappa shape index (κ1) is 13.6. The fourth-order valence-corrected chi connectivity index (χ4v) is 3.44. The Morgan fingerprint density at radius 1 is 1.28 bits per heavy atom. The van der Waals surface area contributed by atoms with Crippen molar-refractivity contribution in [1.29, 1.82) is 0 Å². The maximum absolute atomic E-state index is 12.8. The van der Waals surface area contributed by atoms with Crippen molar-refractivity contribution in [3.63, 3.8) is 0 Å². The predicted octanol–water partition coefficient (Wildman–Crippen LogP) is 4.26. The minimum absolute atomic E-state index is 0.0806. The number of allylic oxidation sites excluding steroid dienone is 1. The molecule has 1 saturated carbocycles. The number of carbonyl (C=O) groups is 1. The smallest absolute Gasteiger partial charge is 0.237 e. The van der Waals surface area contributed by atoms with Gasteiger partial charge in [-0.1, -0.05) is 26.2 Å². The van der Waals surface area contributed by atoms with E-state index in [1.54, 1.807) is 0 Å². The Morgan fingerprint density at radius 2 is 1.89 bits per heavy atom. The number of hydrogen-bond acceptors (Lipinski definition) is 1. The summed E-state index contributed by atoms with van der Waals surface area (Å²) in [4.78, 5) is 14.9. The summed E-state index contributed by atoms with van der Waals surface area (Å²) in [5, 5.41) is 0. The average molecular weight is 249 g/mol. The number of carbonyl (C=O) groups excluding carboxylic acids is 1. The van der Waals surface area contributed by atoms with Crippen LogP contribution in [-0.4, -0.2) is 16.3 Å². The number of unbranched alkanes of at least 4 members (excludes halogenated alkanes) is 1. The maximum atomic E-state index is 12.8. The Balaban J connectivity index is 2.29. The number of hydrogen-bond donors (Lipinski definition) is 0. The van der Waals surface area contributed by atoms with Gasteiger partial charge in [0.05, 0.1) is 5.41 Å². The van der Waals surface area contributed by atoms with Crippen LogP contribution in [0.5, 0.6) is 0 Å². The van der Waals surface area contributed by atoms with Gasteiger partial charge in [-0.25, -0.2) is 0 Å². The molecule has 0 aromatic rings. The summed E-state index contributed by atoms with van der Waals surface area (Å²) in [5.74, 6) is 0.374. The summed E-state index contributed by atoms with van der Waals surface area (Å²) in [5.41, 5.74) is 1.08. The molecule has 18 heavy (non-hydrogen) atoms. The first-order valence-electron chi connectivity index (χ1n) is 7.47. The predicted molar refractivity (Wildman–Crippen MR) is 75.1 cm³/mol. The summed E-state index contributed by atoms with van der Waals surface area (Å²) >= 11 is 0. The van der Waals surface area contributed by atoms with E-state index in [4.69, 9.17) is 0 Å². The van der Waals surface area contributed by atoms with E-state index in [1.807, 2.05) is 0 Å². The van der Waals surface area contributed by atoms with E-state index in [-0.39, 0.29) is 11.0 Å². The molecule has 2 aliphatic rings. The molecule has 102 valence electrons. The first-order chi connectivity index (χ1) is 8.41. The fraction of sp³-hybridized carbons (Fsp3) is 0.812. The summed E-state index contributed by atoms with van der Waals surface area (Å²) in [6.45, 7) is 8.67. The number of nitrogens with zero attached hydrogens (tertiary/aromatic N) is 1. The molecule has 1 spiro atoms. The van der Waals surface area contributed by atoms with Gasteiger partial charge in [0.1, 0.15) is 0 Å². The van der Waals surface area contributed by atoms with Crippen LogP contribution in [0.2, 0.25) is 0 Å². The molecule has 2 nitrogen and oxygen atoms in total. The third-order valence-corrected chi connectivity index (χ3v) is 4.31. The molecule has 0 unspecified atom stereocenters. The van der Waals surface area contributed by atoms with E-state index >= 15 is 0 Å². The lowest BCUT2D eigenvalue weighted by Crippen LogP contribution is -2.46. The van der Waals surface area contributed by atoms with E-state index in [0.29, 0.717) is 5.91 Å². The molecule has 1 heterocycles. The highest BCUT2D eigenvalue weighted by Gasteiger charge is 2.50. The largest absolute Gasteiger partial charge is 0.310 e. The summed E-state index contributed by atoms with van der Waals surface area (Å²) < 4.78 is 0. The van der Waals surface area contributed by atoms with Crippen LogP contribution < -0.4 is 0 Å². The number of amides is 1. The Kier molecular flexibility index (Phi) is 3.57.